The summed E-state index contributed by atoms with van der Waals surface area (Å²) in [6.45, 7) is 9.57. The summed E-state index contributed by atoms with van der Waals surface area (Å²) in [6.07, 6.45) is 1.29. The van der Waals surface area contributed by atoms with Crippen molar-refractivity contribution in [3.63, 3.8) is 0 Å². The smallest absolute Gasteiger partial charge is 0.0184 e. The van der Waals surface area contributed by atoms with Gasteiger partial charge in [0.1, 0.15) is 0 Å². The van der Waals surface area contributed by atoms with Gasteiger partial charge in [0.2, 0.25) is 0 Å². The van der Waals surface area contributed by atoms with E-state index in [-0.39, 0.29) is 0 Å². The highest BCUT2D eigenvalue weighted by Crippen LogP contribution is 2.25. The lowest BCUT2D eigenvalue weighted by atomic mass is 10.1. The minimum absolute atomic E-state index is 0.752. The van der Waals surface area contributed by atoms with E-state index in [9.17, 15) is 0 Å². The first-order chi connectivity index (χ1) is 6.69. The molecule has 1 nitrogen and oxygen atoms in total. The molecule has 3 unspecified atom stereocenters. The lowest BCUT2D eigenvalue weighted by Gasteiger charge is -2.39. The normalized spacial score (nSPS) is 31.7. The Hall–Kier alpha value is 0.790. The summed E-state index contributed by atoms with van der Waals surface area (Å²) in [5.74, 6) is 2.14. The molecule has 84 valence electrons. The molecule has 1 heterocycles. The fraction of sp³-hybridized carbons (Fsp3) is 1.00. The zero-order chi connectivity index (χ0) is 10.6. The number of alkyl halides is 1. The SMILES string of the molecule is CCC(CBr)CN1CCSC(C)C1C. The van der Waals surface area contributed by atoms with Crippen LogP contribution in [0.15, 0.2) is 0 Å². The van der Waals surface area contributed by atoms with Crippen molar-refractivity contribution < 1.29 is 0 Å². The van der Waals surface area contributed by atoms with E-state index in [2.05, 4.69) is 53.4 Å². The first-order valence-corrected chi connectivity index (χ1v) is 7.77. The molecule has 0 saturated carbocycles. The summed E-state index contributed by atoms with van der Waals surface area (Å²) in [5.41, 5.74) is 0. The van der Waals surface area contributed by atoms with Crippen LogP contribution in [-0.2, 0) is 0 Å². The highest BCUT2D eigenvalue weighted by atomic mass is 79.9. The Morgan fingerprint density at radius 1 is 1.50 bits per heavy atom. The van der Waals surface area contributed by atoms with E-state index >= 15 is 0 Å². The minimum Gasteiger partial charge on any atom is -0.298 e. The van der Waals surface area contributed by atoms with Gasteiger partial charge in [0.05, 0.1) is 0 Å². The fourth-order valence-electron chi connectivity index (χ4n) is 1.87. The van der Waals surface area contributed by atoms with Crippen molar-refractivity contribution in [3.05, 3.63) is 0 Å². The lowest BCUT2D eigenvalue weighted by Crippen LogP contribution is -2.46. The van der Waals surface area contributed by atoms with Crippen LogP contribution in [0, 0.1) is 5.92 Å². The maximum absolute atomic E-state index is 3.61. The van der Waals surface area contributed by atoms with Crippen molar-refractivity contribution in [2.24, 2.45) is 5.92 Å². The first-order valence-electron chi connectivity index (χ1n) is 5.60. The van der Waals surface area contributed by atoms with Crippen LogP contribution in [0.4, 0.5) is 0 Å². The first kappa shape index (κ1) is 12.9. The molecule has 0 bridgehead atoms. The molecule has 1 aliphatic rings. The van der Waals surface area contributed by atoms with E-state index in [1.807, 2.05) is 0 Å². The number of thioether (sulfide) groups is 1. The van der Waals surface area contributed by atoms with E-state index in [0.29, 0.717) is 0 Å². The topological polar surface area (TPSA) is 3.24 Å². The Balaban J connectivity index is 2.41. The zero-order valence-electron chi connectivity index (χ0n) is 9.50. The van der Waals surface area contributed by atoms with Gasteiger partial charge in [0, 0.05) is 35.5 Å². The number of hydrogen-bond acceptors (Lipinski definition) is 2. The van der Waals surface area contributed by atoms with Crippen LogP contribution in [0.3, 0.4) is 0 Å². The molecule has 0 aromatic heterocycles. The molecule has 3 atom stereocenters. The third-order valence-electron chi connectivity index (χ3n) is 3.30. The Kier molecular flexibility index (Phi) is 5.87. The van der Waals surface area contributed by atoms with Crippen LogP contribution >= 0.6 is 27.7 Å². The van der Waals surface area contributed by atoms with Crippen LogP contribution in [0.2, 0.25) is 0 Å². The van der Waals surface area contributed by atoms with Gasteiger partial charge in [-0.1, -0.05) is 36.2 Å². The molecule has 0 aliphatic carbocycles. The van der Waals surface area contributed by atoms with Crippen LogP contribution in [0.1, 0.15) is 27.2 Å². The number of hydrogen-bond donors (Lipinski definition) is 0. The second-order valence-electron chi connectivity index (χ2n) is 4.24. The van der Waals surface area contributed by atoms with Crippen molar-refractivity contribution in [1.29, 1.82) is 0 Å². The zero-order valence-corrected chi connectivity index (χ0v) is 11.9. The fourth-order valence-corrected chi connectivity index (χ4v) is 3.70. The van der Waals surface area contributed by atoms with Crippen molar-refractivity contribution in [2.45, 2.75) is 38.5 Å². The molecular weight excluding hydrogens is 258 g/mol. The molecule has 0 aromatic carbocycles. The van der Waals surface area contributed by atoms with Gasteiger partial charge in [0.25, 0.3) is 0 Å². The molecule has 0 radical (unpaired) electrons. The Labute approximate surface area is 101 Å². The summed E-state index contributed by atoms with van der Waals surface area (Å²) < 4.78 is 0. The minimum atomic E-state index is 0.752. The molecule has 0 aromatic rings. The van der Waals surface area contributed by atoms with E-state index in [0.717, 1.165) is 22.5 Å². The van der Waals surface area contributed by atoms with Gasteiger partial charge < -0.3 is 0 Å². The maximum Gasteiger partial charge on any atom is 0.0184 e. The Morgan fingerprint density at radius 2 is 2.21 bits per heavy atom. The highest BCUT2D eigenvalue weighted by Gasteiger charge is 2.26. The molecule has 14 heavy (non-hydrogen) atoms. The summed E-state index contributed by atoms with van der Waals surface area (Å²) in [7, 11) is 0. The third-order valence-corrected chi connectivity index (χ3v) is 5.56. The van der Waals surface area contributed by atoms with E-state index in [1.54, 1.807) is 0 Å². The predicted octanol–water partition coefficient (Wildman–Crippen LogP) is 3.23. The molecular formula is C11H22BrNS. The van der Waals surface area contributed by atoms with Gasteiger partial charge in [-0.25, -0.2) is 0 Å². The van der Waals surface area contributed by atoms with Gasteiger partial charge in [-0.2, -0.15) is 11.8 Å². The highest BCUT2D eigenvalue weighted by molar-refractivity contribution is 9.09. The summed E-state index contributed by atoms with van der Waals surface area (Å²) in [5, 5.41) is 1.95. The molecule has 0 spiro atoms. The van der Waals surface area contributed by atoms with Gasteiger partial charge >= 0.3 is 0 Å². The van der Waals surface area contributed by atoms with Crippen molar-refractivity contribution in [1.82, 2.24) is 4.90 Å². The van der Waals surface area contributed by atoms with E-state index in [1.165, 1.54) is 25.3 Å². The molecule has 1 fully saturated rings. The van der Waals surface area contributed by atoms with Gasteiger partial charge in [-0.15, -0.1) is 0 Å². The lowest BCUT2D eigenvalue weighted by molar-refractivity contribution is 0.185. The molecule has 0 N–H and O–H groups in total. The van der Waals surface area contributed by atoms with Crippen LogP contribution in [0.25, 0.3) is 0 Å². The van der Waals surface area contributed by atoms with Gasteiger partial charge in [0.15, 0.2) is 0 Å². The van der Waals surface area contributed by atoms with E-state index in [4.69, 9.17) is 0 Å². The average molecular weight is 280 g/mol. The van der Waals surface area contributed by atoms with Gasteiger partial charge in [-0.3, -0.25) is 4.90 Å². The number of nitrogens with zero attached hydrogens (tertiary/aromatic N) is 1. The second kappa shape index (κ2) is 6.39. The van der Waals surface area contributed by atoms with Crippen molar-refractivity contribution >= 4 is 27.7 Å². The van der Waals surface area contributed by atoms with Crippen molar-refractivity contribution in [2.75, 3.05) is 24.2 Å². The van der Waals surface area contributed by atoms with Crippen LogP contribution in [-0.4, -0.2) is 40.4 Å². The monoisotopic (exact) mass is 279 g/mol. The van der Waals surface area contributed by atoms with Crippen LogP contribution < -0.4 is 0 Å². The molecule has 1 aliphatic heterocycles. The van der Waals surface area contributed by atoms with E-state index < -0.39 is 0 Å². The second-order valence-corrected chi connectivity index (χ2v) is 6.37. The number of rotatable bonds is 4. The largest absolute Gasteiger partial charge is 0.298 e. The summed E-state index contributed by atoms with van der Waals surface area (Å²) in [4.78, 5) is 2.66. The molecule has 0 amide bonds. The molecule has 3 heteroatoms. The van der Waals surface area contributed by atoms with Crippen molar-refractivity contribution in [3.8, 4) is 0 Å². The maximum atomic E-state index is 3.61. The Bertz CT molecular complexity index is 161. The molecule has 1 rings (SSSR count). The van der Waals surface area contributed by atoms with Crippen LogP contribution in [0.5, 0.6) is 0 Å². The quantitative estimate of drug-likeness (QED) is 0.727. The standard InChI is InChI=1S/C11H22BrNS/c1-4-11(7-12)8-13-5-6-14-10(3)9(13)2/h9-11H,4-8H2,1-3H3. The summed E-state index contributed by atoms with van der Waals surface area (Å²) in [6, 6.07) is 0.752. The Morgan fingerprint density at radius 3 is 2.79 bits per heavy atom. The number of halogens is 1. The summed E-state index contributed by atoms with van der Waals surface area (Å²) >= 11 is 5.72. The predicted molar refractivity (Wildman–Crippen MR) is 70.5 cm³/mol. The molecule has 1 saturated heterocycles. The van der Waals surface area contributed by atoms with Gasteiger partial charge in [-0.05, 0) is 12.8 Å². The average Bonchev–Trinajstić information content (AvgIpc) is 2.20. The third kappa shape index (κ3) is 3.42.